The van der Waals surface area contributed by atoms with E-state index in [0.29, 0.717) is 11.8 Å². The van der Waals surface area contributed by atoms with Gasteiger partial charge < -0.3 is 0 Å². The molecule has 0 aliphatic carbocycles. The maximum absolute atomic E-state index is 5.89. The molecule has 0 N–H and O–H groups in total. The second kappa shape index (κ2) is 5.37. The van der Waals surface area contributed by atoms with Crippen molar-refractivity contribution in [2.45, 2.75) is 32.1 Å². The van der Waals surface area contributed by atoms with Gasteiger partial charge in [0.05, 0.1) is 0 Å². The van der Waals surface area contributed by atoms with E-state index in [1.807, 2.05) is 0 Å². The van der Waals surface area contributed by atoms with Gasteiger partial charge in [-0.1, -0.05) is 13.8 Å². The molecule has 56 valence electrons. The van der Waals surface area contributed by atoms with Gasteiger partial charge in [0, 0.05) is 11.3 Å². The van der Waals surface area contributed by atoms with Gasteiger partial charge >= 0.3 is 0 Å². The monoisotopic (exact) mass is 168 g/mol. The topological polar surface area (TPSA) is 0 Å². The summed E-state index contributed by atoms with van der Waals surface area (Å²) in [6, 6.07) is 0. The average molecular weight is 169 g/mol. The number of hydrogen-bond acceptors (Lipinski definition) is 0. The molecule has 0 rings (SSSR count). The van der Waals surface area contributed by atoms with Crippen molar-refractivity contribution in [3.8, 4) is 0 Å². The maximum Gasteiger partial charge on any atom is 0.0349 e. The lowest BCUT2D eigenvalue weighted by atomic mass is 10.1. The van der Waals surface area contributed by atoms with E-state index in [4.69, 9.17) is 23.2 Å². The van der Waals surface area contributed by atoms with Gasteiger partial charge in [0.2, 0.25) is 0 Å². The van der Waals surface area contributed by atoms with Gasteiger partial charge in [-0.05, 0) is 18.8 Å². The van der Waals surface area contributed by atoms with Crippen LogP contribution in [0.25, 0.3) is 0 Å². The second-order valence-electron chi connectivity index (χ2n) is 2.70. The first-order chi connectivity index (χ1) is 4.16. The number of rotatable bonds is 4. The third-order valence-electron chi connectivity index (χ3n) is 1.15. The lowest BCUT2D eigenvalue weighted by Gasteiger charge is -2.08. The van der Waals surface area contributed by atoms with Crippen LogP contribution in [0.5, 0.6) is 0 Å². The highest BCUT2D eigenvalue weighted by Crippen LogP contribution is 2.13. The second-order valence-corrected chi connectivity index (χ2v) is 3.70. The normalized spacial score (nSPS) is 14.3. The summed E-state index contributed by atoms with van der Waals surface area (Å²) in [6.07, 6.45) is 2.01. The van der Waals surface area contributed by atoms with Crippen molar-refractivity contribution in [3.05, 3.63) is 0 Å². The first-order valence-electron chi connectivity index (χ1n) is 3.36. The molecular formula is C7H14Cl2. The van der Waals surface area contributed by atoms with Crippen LogP contribution in [0.2, 0.25) is 0 Å². The largest absolute Gasteiger partial charge is 0.127 e. The number of alkyl halides is 2. The van der Waals surface area contributed by atoms with Crippen LogP contribution in [-0.4, -0.2) is 11.3 Å². The molecule has 0 aliphatic heterocycles. The quantitative estimate of drug-likeness (QED) is 0.566. The molecule has 0 bridgehead atoms. The molecule has 1 unspecified atom stereocenters. The zero-order chi connectivity index (χ0) is 7.28. The highest BCUT2D eigenvalue weighted by Gasteiger charge is 2.04. The summed E-state index contributed by atoms with van der Waals surface area (Å²) in [6.45, 7) is 4.34. The third-order valence-corrected chi connectivity index (χ3v) is 1.76. The molecule has 0 aromatic heterocycles. The van der Waals surface area contributed by atoms with Crippen molar-refractivity contribution < 1.29 is 0 Å². The highest BCUT2D eigenvalue weighted by molar-refractivity contribution is 6.22. The Bertz CT molecular complexity index is 61.9. The Morgan fingerprint density at radius 3 is 2.22 bits per heavy atom. The van der Waals surface area contributed by atoms with Crippen LogP contribution in [0.3, 0.4) is 0 Å². The van der Waals surface area contributed by atoms with E-state index < -0.39 is 0 Å². The van der Waals surface area contributed by atoms with Crippen molar-refractivity contribution in [1.82, 2.24) is 0 Å². The van der Waals surface area contributed by atoms with Crippen molar-refractivity contribution >= 4 is 23.2 Å². The molecular weight excluding hydrogens is 155 g/mol. The molecule has 0 aromatic rings. The SMILES string of the molecule is CC(C)CC(Cl)CCCl. The van der Waals surface area contributed by atoms with Crippen molar-refractivity contribution in [1.29, 1.82) is 0 Å². The molecule has 0 saturated carbocycles. The Balaban J connectivity index is 3.15. The predicted molar refractivity (Wildman–Crippen MR) is 44.4 cm³/mol. The van der Waals surface area contributed by atoms with Crippen LogP contribution in [0.4, 0.5) is 0 Å². The maximum atomic E-state index is 5.89. The van der Waals surface area contributed by atoms with Gasteiger partial charge in [-0.3, -0.25) is 0 Å². The molecule has 0 aromatic carbocycles. The summed E-state index contributed by atoms with van der Waals surface area (Å²) in [5.74, 6) is 1.37. The Hall–Kier alpha value is 0.580. The lowest BCUT2D eigenvalue weighted by Crippen LogP contribution is -2.03. The van der Waals surface area contributed by atoms with E-state index in [2.05, 4.69) is 13.8 Å². The van der Waals surface area contributed by atoms with Gasteiger partial charge in [-0.15, -0.1) is 23.2 Å². The van der Waals surface area contributed by atoms with E-state index in [0.717, 1.165) is 12.8 Å². The fraction of sp³-hybridized carbons (Fsp3) is 1.00. The molecule has 0 amide bonds. The van der Waals surface area contributed by atoms with Crippen LogP contribution in [0, 0.1) is 5.92 Å². The Morgan fingerprint density at radius 2 is 1.89 bits per heavy atom. The molecule has 0 aliphatic rings. The summed E-state index contributed by atoms with van der Waals surface area (Å²) in [5, 5.41) is 0.280. The zero-order valence-electron chi connectivity index (χ0n) is 6.03. The van der Waals surface area contributed by atoms with Crippen LogP contribution in [0.1, 0.15) is 26.7 Å². The van der Waals surface area contributed by atoms with Crippen molar-refractivity contribution in [2.24, 2.45) is 5.92 Å². The summed E-state index contributed by atoms with van der Waals surface area (Å²) in [5.41, 5.74) is 0. The van der Waals surface area contributed by atoms with Crippen LogP contribution in [0.15, 0.2) is 0 Å². The Labute approximate surface area is 67.5 Å². The molecule has 1 atom stereocenters. The summed E-state index contributed by atoms with van der Waals surface area (Å²) < 4.78 is 0. The molecule has 0 fully saturated rings. The molecule has 0 radical (unpaired) electrons. The third kappa shape index (κ3) is 6.47. The highest BCUT2D eigenvalue weighted by atomic mass is 35.5. The molecule has 9 heavy (non-hydrogen) atoms. The van der Waals surface area contributed by atoms with Crippen molar-refractivity contribution in [3.63, 3.8) is 0 Å². The Morgan fingerprint density at radius 1 is 1.33 bits per heavy atom. The van der Waals surface area contributed by atoms with Gasteiger partial charge in [-0.2, -0.15) is 0 Å². The lowest BCUT2D eigenvalue weighted by molar-refractivity contribution is 0.557. The van der Waals surface area contributed by atoms with Crippen molar-refractivity contribution in [2.75, 3.05) is 5.88 Å². The summed E-state index contributed by atoms with van der Waals surface area (Å²) >= 11 is 11.4. The van der Waals surface area contributed by atoms with E-state index >= 15 is 0 Å². The van der Waals surface area contributed by atoms with Gasteiger partial charge in [-0.25, -0.2) is 0 Å². The van der Waals surface area contributed by atoms with Crippen LogP contribution >= 0.6 is 23.2 Å². The minimum absolute atomic E-state index is 0.280. The van der Waals surface area contributed by atoms with Gasteiger partial charge in [0.25, 0.3) is 0 Å². The predicted octanol–water partition coefficient (Wildman–Crippen LogP) is 3.27. The van der Waals surface area contributed by atoms with E-state index in [1.54, 1.807) is 0 Å². The van der Waals surface area contributed by atoms with Crippen LogP contribution in [-0.2, 0) is 0 Å². The smallest absolute Gasteiger partial charge is 0.0349 e. The first-order valence-corrected chi connectivity index (χ1v) is 4.34. The average Bonchev–Trinajstić information content (AvgIpc) is 1.63. The Kier molecular flexibility index (Phi) is 5.72. The van der Waals surface area contributed by atoms with E-state index in [1.165, 1.54) is 0 Å². The summed E-state index contributed by atoms with van der Waals surface area (Å²) in [7, 11) is 0. The zero-order valence-corrected chi connectivity index (χ0v) is 7.54. The van der Waals surface area contributed by atoms with Crippen LogP contribution < -0.4 is 0 Å². The molecule has 0 heterocycles. The minimum atomic E-state index is 0.280. The van der Waals surface area contributed by atoms with Gasteiger partial charge in [0.1, 0.15) is 0 Å². The number of halogens is 2. The minimum Gasteiger partial charge on any atom is -0.127 e. The summed E-state index contributed by atoms with van der Waals surface area (Å²) in [4.78, 5) is 0. The van der Waals surface area contributed by atoms with E-state index in [-0.39, 0.29) is 5.38 Å². The molecule has 0 nitrogen and oxygen atoms in total. The fourth-order valence-corrected chi connectivity index (χ4v) is 1.59. The molecule has 0 spiro atoms. The number of hydrogen-bond donors (Lipinski definition) is 0. The molecule has 2 heteroatoms. The standard InChI is InChI=1S/C7H14Cl2/c1-6(2)5-7(9)3-4-8/h6-7H,3-5H2,1-2H3. The fourth-order valence-electron chi connectivity index (χ4n) is 0.748. The van der Waals surface area contributed by atoms with E-state index in [9.17, 15) is 0 Å². The van der Waals surface area contributed by atoms with Gasteiger partial charge in [0.15, 0.2) is 0 Å². The molecule has 0 saturated heterocycles. The first kappa shape index (κ1) is 9.58.